The summed E-state index contributed by atoms with van der Waals surface area (Å²) >= 11 is 0. The Bertz CT molecular complexity index is 578. The molecule has 1 N–H and O–H groups in total. The number of fused-ring (bicyclic) bond motifs is 5. The normalized spacial score (nSPS) is 50.7. The van der Waals surface area contributed by atoms with Crippen LogP contribution in [0.2, 0.25) is 0 Å². The Labute approximate surface area is 159 Å². The molecule has 0 aromatic heterocycles. The molecule has 0 aromatic rings. The number of rotatable bonds is 2. The van der Waals surface area contributed by atoms with Crippen LogP contribution in [0.25, 0.3) is 0 Å². The summed E-state index contributed by atoms with van der Waals surface area (Å²) < 4.78 is 5.57. The standard InChI is InChI=1S/C23H38O3/c1-14(24)26-16-8-10-22(4)15(12-16)6-7-17-18(22)9-11-23(5)19(17)13-20(23)21(2,3)25/h15-20,25H,6-13H2,1-5H3/t15?,16?,17?,18?,19?,20?,22-,23-/m0/s1. The van der Waals surface area contributed by atoms with E-state index in [4.69, 9.17) is 4.74 Å². The van der Waals surface area contributed by atoms with Gasteiger partial charge in [0.25, 0.3) is 0 Å². The summed E-state index contributed by atoms with van der Waals surface area (Å²) in [6.07, 6.45) is 9.97. The summed E-state index contributed by atoms with van der Waals surface area (Å²) in [5.74, 6) is 3.55. The molecule has 148 valence electrons. The van der Waals surface area contributed by atoms with Crippen molar-refractivity contribution in [2.75, 3.05) is 0 Å². The van der Waals surface area contributed by atoms with E-state index in [0.29, 0.717) is 16.7 Å². The third kappa shape index (κ3) is 2.67. The van der Waals surface area contributed by atoms with Gasteiger partial charge in [-0.25, -0.2) is 0 Å². The van der Waals surface area contributed by atoms with E-state index in [0.717, 1.165) is 36.5 Å². The molecular formula is C23H38O3. The third-order valence-electron chi connectivity index (χ3n) is 9.53. The SMILES string of the molecule is CC(=O)OC1CC[C@@]2(C)C(CCC3C2CC[C@@]2(C)C3CC2C(C)(C)O)C1. The third-order valence-corrected chi connectivity index (χ3v) is 9.53. The molecule has 4 saturated carbocycles. The Kier molecular flexibility index (Phi) is 4.31. The van der Waals surface area contributed by atoms with Crippen molar-refractivity contribution >= 4 is 5.97 Å². The molecule has 0 aliphatic heterocycles. The summed E-state index contributed by atoms with van der Waals surface area (Å²) in [6, 6.07) is 0. The van der Waals surface area contributed by atoms with E-state index in [1.807, 2.05) is 13.8 Å². The van der Waals surface area contributed by atoms with Crippen LogP contribution in [0.3, 0.4) is 0 Å². The van der Waals surface area contributed by atoms with Gasteiger partial charge in [-0.05, 0) is 106 Å². The topological polar surface area (TPSA) is 46.5 Å². The van der Waals surface area contributed by atoms with Crippen molar-refractivity contribution in [1.82, 2.24) is 0 Å². The van der Waals surface area contributed by atoms with Crippen molar-refractivity contribution in [2.24, 2.45) is 40.4 Å². The number of hydrogen-bond acceptors (Lipinski definition) is 3. The van der Waals surface area contributed by atoms with Crippen molar-refractivity contribution in [2.45, 2.75) is 97.7 Å². The molecular weight excluding hydrogens is 324 g/mol. The molecule has 0 heterocycles. The smallest absolute Gasteiger partial charge is 0.302 e. The van der Waals surface area contributed by atoms with E-state index >= 15 is 0 Å². The molecule has 0 bridgehead atoms. The summed E-state index contributed by atoms with van der Waals surface area (Å²) in [5, 5.41) is 10.6. The minimum atomic E-state index is -0.540. The van der Waals surface area contributed by atoms with Gasteiger partial charge in [-0.15, -0.1) is 0 Å². The predicted molar refractivity (Wildman–Crippen MR) is 102 cm³/mol. The predicted octanol–water partition coefficient (Wildman–Crippen LogP) is 4.96. The fourth-order valence-electron chi connectivity index (χ4n) is 8.24. The highest BCUT2D eigenvalue weighted by atomic mass is 16.5. The Balaban J connectivity index is 1.50. The van der Waals surface area contributed by atoms with Gasteiger partial charge in [0.2, 0.25) is 0 Å². The fourth-order valence-corrected chi connectivity index (χ4v) is 8.24. The minimum absolute atomic E-state index is 0.118. The molecule has 4 aliphatic rings. The zero-order valence-corrected chi connectivity index (χ0v) is 17.4. The van der Waals surface area contributed by atoms with E-state index in [1.165, 1.54) is 38.5 Å². The lowest BCUT2D eigenvalue weighted by molar-refractivity contribution is -0.226. The zero-order chi connectivity index (χ0) is 18.9. The molecule has 0 amide bonds. The van der Waals surface area contributed by atoms with E-state index in [-0.39, 0.29) is 12.1 Å². The maximum atomic E-state index is 11.4. The average molecular weight is 363 g/mol. The first-order chi connectivity index (χ1) is 12.1. The summed E-state index contributed by atoms with van der Waals surface area (Å²) in [6.45, 7) is 10.6. The summed E-state index contributed by atoms with van der Waals surface area (Å²) in [7, 11) is 0. The number of hydrogen-bond donors (Lipinski definition) is 1. The van der Waals surface area contributed by atoms with E-state index < -0.39 is 5.60 Å². The lowest BCUT2D eigenvalue weighted by atomic mass is 9.36. The number of esters is 1. The maximum Gasteiger partial charge on any atom is 0.302 e. The highest BCUT2D eigenvalue weighted by Gasteiger charge is 2.65. The number of aliphatic hydroxyl groups is 1. The van der Waals surface area contributed by atoms with Crippen molar-refractivity contribution in [3.63, 3.8) is 0 Å². The van der Waals surface area contributed by atoms with Gasteiger partial charge >= 0.3 is 5.97 Å². The first kappa shape index (κ1) is 18.8. The van der Waals surface area contributed by atoms with Crippen molar-refractivity contribution in [3.8, 4) is 0 Å². The van der Waals surface area contributed by atoms with Crippen molar-refractivity contribution < 1.29 is 14.6 Å². The first-order valence-electron chi connectivity index (χ1n) is 11.0. The molecule has 0 aromatic carbocycles. The molecule has 8 atom stereocenters. The maximum absolute atomic E-state index is 11.4. The molecule has 3 heteroatoms. The molecule has 0 saturated heterocycles. The average Bonchev–Trinajstić information content (AvgIpc) is 2.50. The first-order valence-corrected chi connectivity index (χ1v) is 11.0. The number of carbonyl (C=O) groups excluding carboxylic acids is 1. The van der Waals surface area contributed by atoms with Crippen LogP contribution in [0.5, 0.6) is 0 Å². The monoisotopic (exact) mass is 362 g/mol. The lowest BCUT2D eigenvalue weighted by Crippen LogP contribution is -2.64. The van der Waals surface area contributed by atoms with Crippen LogP contribution in [-0.2, 0) is 9.53 Å². The van der Waals surface area contributed by atoms with Crippen LogP contribution in [0.1, 0.15) is 86.0 Å². The molecule has 4 aliphatic carbocycles. The van der Waals surface area contributed by atoms with Crippen LogP contribution in [0.4, 0.5) is 0 Å². The van der Waals surface area contributed by atoms with Crippen molar-refractivity contribution in [1.29, 1.82) is 0 Å². The molecule has 3 nitrogen and oxygen atoms in total. The summed E-state index contributed by atoms with van der Waals surface area (Å²) in [5.41, 5.74) is 0.236. The van der Waals surface area contributed by atoms with Crippen LogP contribution in [0.15, 0.2) is 0 Å². The van der Waals surface area contributed by atoms with Gasteiger partial charge in [-0.1, -0.05) is 13.8 Å². The zero-order valence-electron chi connectivity index (χ0n) is 17.4. The molecule has 0 radical (unpaired) electrons. The van der Waals surface area contributed by atoms with E-state index in [2.05, 4.69) is 13.8 Å². The highest BCUT2D eigenvalue weighted by Crippen LogP contribution is 2.71. The highest BCUT2D eigenvalue weighted by molar-refractivity contribution is 5.66. The largest absolute Gasteiger partial charge is 0.463 e. The second-order valence-corrected chi connectivity index (χ2v) is 11.1. The van der Waals surface area contributed by atoms with Gasteiger partial charge in [0.05, 0.1) is 5.60 Å². The van der Waals surface area contributed by atoms with Gasteiger partial charge in [0, 0.05) is 6.92 Å². The van der Waals surface area contributed by atoms with Gasteiger partial charge in [-0.3, -0.25) is 4.79 Å². The van der Waals surface area contributed by atoms with Crippen LogP contribution in [0, 0.1) is 40.4 Å². The molecule has 0 spiro atoms. The van der Waals surface area contributed by atoms with Gasteiger partial charge < -0.3 is 9.84 Å². The Morgan fingerprint density at radius 3 is 2.35 bits per heavy atom. The lowest BCUT2D eigenvalue weighted by Gasteiger charge is -2.69. The fraction of sp³-hybridized carbons (Fsp3) is 0.957. The molecule has 4 fully saturated rings. The number of carbonyl (C=O) groups is 1. The van der Waals surface area contributed by atoms with Gasteiger partial charge in [0.1, 0.15) is 6.10 Å². The van der Waals surface area contributed by atoms with Gasteiger partial charge in [0.15, 0.2) is 0 Å². The Hall–Kier alpha value is -0.570. The van der Waals surface area contributed by atoms with Gasteiger partial charge in [-0.2, -0.15) is 0 Å². The van der Waals surface area contributed by atoms with E-state index in [1.54, 1.807) is 6.92 Å². The van der Waals surface area contributed by atoms with Crippen molar-refractivity contribution in [3.05, 3.63) is 0 Å². The molecule has 4 rings (SSSR count). The minimum Gasteiger partial charge on any atom is -0.463 e. The van der Waals surface area contributed by atoms with Crippen LogP contribution < -0.4 is 0 Å². The molecule has 26 heavy (non-hydrogen) atoms. The quantitative estimate of drug-likeness (QED) is 0.706. The van der Waals surface area contributed by atoms with Crippen LogP contribution >= 0.6 is 0 Å². The Morgan fingerprint density at radius 1 is 1.00 bits per heavy atom. The number of ether oxygens (including phenoxy) is 1. The molecule has 6 unspecified atom stereocenters. The summed E-state index contributed by atoms with van der Waals surface area (Å²) in [4.78, 5) is 11.4. The van der Waals surface area contributed by atoms with E-state index in [9.17, 15) is 9.90 Å². The van der Waals surface area contributed by atoms with Crippen LogP contribution in [-0.4, -0.2) is 22.8 Å². The second-order valence-electron chi connectivity index (χ2n) is 11.1. The second kappa shape index (κ2) is 5.96. The Morgan fingerprint density at radius 2 is 1.69 bits per heavy atom.